The van der Waals surface area contributed by atoms with Crippen molar-refractivity contribution in [2.75, 3.05) is 13.1 Å². The van der Waals surface area contributed by atoms with Crippen LogP contribution in [0.2, 0.25) is 5.02 Å². The minimum Gasteiger partial charge on any atom is -0.339 e. The molecule has 0 bridgehead atoms. The number of rotatable bonds is 4. The molecule has 0 radical (unpaired) electrons. The molecule has 1 amide bonds. The van der Waals surface area contributed by atoms with E-state index in [1.807, 2.05) is 17.0 Å². The highest BCUT2D eigenvalue weighted by molar-refractivity contribution is 6.30. The number of aromatic nitrogens is 2. The number of halogens is 1. The van der Waals surface area contributed by atoms with Crippen LogP contribution in [0.3, 0.4) is 0 Å². The van der Waals surface area contributed by atoms with Crippen molar-refractivity contribution in [1.82, 2.24) is 15.0 Å². The van der Waals surface area contributed by atoms with E-state index in [4.69, 9.17) is 16.1 Å². The molecule has 2 heterocycles. The van der Waals surface area contributed by atoms with Gasteiger partial charge in [0.15, 0.2) is 0 Å². The van der Waals surface area contributed by atoms with Gasteiger partial charge in [-0.3, -0.25) is 4.79 Å². The number of amides is 1. The Bertz CT molecular complexity index is 997. The van der Waals surface area contributed by atoms with E-state index in [2.05, 4.69) is 36.1 Å². The molecule has 29 heavy (non-hydrogen) atoms. The highest BCUT2D eigenvalue weighted by Crippen LogP contribution is 2.29. The van der Waals surface area contributed by atoms with E-state index in [0.717, 1.165) is 24.9 Å². The number of hydrogen-bond acceptors (Lipinski definition) is 4. The fourth-order valence-electron chi connectivity index (χ4n) is 3.70. The van der Waals surface area contributed by atoms with E-state index >= 15 is 0 Å². The largest absolute Gasteiger partial charge is 0.339 e. The molecule has 1 aliphatic rings. The lowest BCUT2D eigenvalue weighted by atomic mass is 9.97. The standard InChI is InChI=1S/C23H24ClN3O2/c1-15(2)16-8-10-17(11-9-16)21-25-22(29-26-21)19-6-4-12-27(14-19)23(28)18-5-3-7-20(24)13-18/h3,5,7-11,13,15,19H,4,6,12,14H2,1-2H3. The summed E-state index contributed by atoms with van der Waals surface area (Å²) in [4.78, 5) is 19.3. The number of carbonyl (C=O) groups is 1. The third-order valence-electron chi connectivity index (χ3n) is 5.41. The molecule has 1 aliphatic heterocycles. The smallest absolute Gasteiger partial charge is 0.253 e. The van der Waals surface area contributed by atoms with Crippen LogP contribution >= 0.6 is 11.6 Å². The van der Waals surface area contributed by atoms with E-state index in [9.17, 15) is 4.79 Å². The number of benzene rings is 2. The van der Waals surface area contributed by atoms with Crippen molar-refractivity contribution >= 4 is 17.5 Å². The Morgan fingerprint density at radius 2 is 2.00 bits per heavy atom. The Balaban J connectivity index is 1.48. The third-order valence-corrected chi connectivity index (χ3v) is 5.64. The molecule has 0 spiro atoms. The topological polar surface area (TPSA) is 59.2 Å². The second-order valence-corrected chi connectivity index (χ2v) is 8.27. The van der Waals surface area contributed by atoms with Crippen LogP contribution in [0.1, 0.15) is 60.3 Å². The predicted molar refractivity (Wildman–Crippen MR) is 113 cm³/mol. The first-order valence-electron chi connectivity index (χ1n) is 10.00. The first-order chi connectivity index (χ1) is 14.0. The number of piperidine rings is 1. The molecule has 1 atom stereocenters. The van der Waals surface area contributed by atoms with Crippen LogP contribution < -0.4 is 0 Å². The normalized spacial score (nSPS) is 17.0. The van der Waals surface area contributed by atoms with Gasteiger partial charge in [-0.1, -0.05) is 60.9 Å². The first kappa shape index (κ1) is 19.6. The zero-order valence-electron chi connectivity index (χ0n) is 16.6. The molecule has 6 heteroatoms. The molecule has 150 valence electrons. The summed E-state index contributed by atoms with van der Waals surface area (Å²) in [6.07, 6.45) is 1.82. The maximum atomic E-state index is 12.8. The van der Waals surface area contributed by atoms with Gasteiger partial charge < -0.3 is 9.42 Å². The van der Waals surface area contributed by atoms with E-state index in [1.54, 1.807) is 24.3 Å². The highest BCUT2D eigenvalue weighted by Gasteiger charge is 2.29. The fourth-order valence-corrected chi connectivity index (χ4v) is 3.89. The van der Waals surface area contributed by atoms with E-state index in [0.29, 0.717) is 34.8 Å². The number of likely N-dealkylation sites (tertiary alicyclic amines) is 1. The van der Waals surface area contributed by atoms with E-state index in [-0.39, 0.29) is 11.8 Å². The van der Waals surface area contributed by atoms with Gasteiger partial charge in [-0.05, 0) is 42.5 Å². The summed E-state index contributed by atoms with van der Waals surface area (Å²) in [6, 6.07) is 15.3. The van der Waals surface area contributed by atoms with Gasteiger partial charge in [-0.15, -0.1) is 0 Å². The van der Waals surface area contributed by atoms with E-state index in [1.165, 1.54) is 5.56 Å². The quantitative estimate of drug-likeness (QED) is 0.568. The molecule has 0 N–H and O–H groups in total. The number of nitrogens with zero attached hydrogens (tertiary/aromatic N) is 3. The van der Waals surface area contributed by atoms with Gasteiger partial charge in [-0.25, -0.2) is 0 Å². The van der Waals surface area contributed by atoms with Crippen molar-refractivity contribution in [1.29, 1.82) is 0 Å². The Labute approximate surface area is 175 Å². The average molecular weight is 410 g/mol. The predicted octanol–water partition coefficient (Wildman–Crippen LogP) is 5.53. The average Bonchev–Trinajstić information content (AvgIpc) is 3.24. The van der Waals surface area contributed by atoms with Crippen LogP contribution in [0.5, 0.6) is 0 Å². The van der Waals surface area contributed by atoms with Crippen molar-refractivity contribution in [3.05, 3.63) is 70.6 Å². The molecule has 5 nitrogen and oxygen atoms in total. The Morgan fingerprint density at radius 1 is 1.21 bits per heavy atom. The molecule has 1 fully saturated rings. The van der Waals surface area contributed by atoms with Crippen molar-refractivity contribution in [3.63, 3.8) is 0 Å². The Kier molecular flexibility index (Phi) is 5.67. The summed E-state index contributed by atoms with van der Waals surface area (Å²) in [6.45, 7) is 5.63. The summed E-state index contributed by atoms with van der Waals surface area (Å²) in [5.41, 5.74) is 2.82. The van der Waals surface area contributed by atoms with Gasteiger partial charge in [0, 0.05) is 29.2 Å². The molecule has 4 rings (SSSR count). The van der Waals surface area contributed by atoms with Gasteiger partial charge in [0.1, 0.15) is 0 Å². The molecule has 0 saturated carbocycles. The molecule has 1 unspecified atom stereocenters. The van der Waals surface area contributed by atoms with Crippen LogP contribution in [-0.2, 0) is 0 Å². The van der Waals surface area contributed by atoms with Crippen LogP contribution in [0.15, 0.2) is 53.1 Å². The first-order valence-corrected chi connectivity index (χ1v) is 10.4. The van der Waals surface area contributed by atoms with Gasteiger partial charge in [0.25, 0.3) is 5.91 Å². The lowest BCUT2D eigenvalue weighted by molar-refractivity contribution is 0.0695. The van der Waals surface area contributed by atoms with Crippen LogP contribution in [0.4, 0.5) is 0 Å². The van der Waals surface area contributed by atoms with Crippen molar-refractivity contribution in [2.24, 2.45) is 0 Å². The van der Waals surface area contributed by atoms with Gasteiger partial charge in [-0.2, -0.15) is 4.98 Å². The SMILES string of the molecule is CC(C)c1ccc(-c2noc(C3CCCN(C(=O)c4cccc(Cl)c4)C3)n2)cc1. The minimum absolute atomic E-state index is 0.0128. The molecule has 0 aliphatic carbocycles. The second-order valence-electron chi connectivity index (χ2n) is 7.83. The maximum Gasteiger partial charge on any atom is 0.253 e. The molecule has 1 saturated heterocycles. The Morgan fingerprint density at radius 3 is 2.72 bits per heavy atom. The highest BCUT2D eigenvalue weighted by atomic mass is 35.5. The van der Waals surface area contributed by atoms with Gasteiger partial charge >= 0.3 is 0 Å². The molecule has 2 aromatic carbocycles. The molecule has 3 aromatic rings. The lowest BCUT2D eigenvalue weighted by Gasteiger charge is -2.31. The zero-order valence-corrected chi connectivity index (χ0v) is 17.4. The summed E-state index contributed by atoms with van der Waals surface area (Å²) in [7, 11) is 0. The molecular formula is C23H24ClN3O2. The van der Waals surface area contributed by atoms with Crippen molar-refractivity contribution in [2.45, 2.75) is 38.5 Å². The van der Waals surface area contributed by atoms with Crippen LogP contribution in [-0.4, -0.2) is 34.0 Å². The molecular weight excluding hydrogens is 386 g/mol. The summed E-state index contributed by atoms with van der Waals surface area (Å²) in [5, 5.41) is 4.73. The third kappa shape index (κ3) is 4.35. The van der Waals surface area contributed by atoms with Crippen molar-refractivity contribution < 1.29 is 9.32 Å². The summed E-state index contributed by atoms with van der Waals surface area (Å²) < 4.78 is 5.57. The lowest BCUT2D eigenvalue weighted by Crippen LogP contribution is -2.39. The number of hydrogen-bond donors (Lipinski definition) is 0. The fraction of sp³-hybridized carbons (Fsp3) is 0.348. The van der Waals surface area contributed by atoms with Gasteiger partial charge in [0.2, 0.25) is 11.7 Å². The zero-order chi connectivity index (χ0) is 20.4. The summed E-state index contributed by atoms with van der Waals surface area (Å²) in [5.74, 6) is 1.70. The minimum atomic E-state index is -0.0128. The number of carbonyl (C=O) groups excluding carboxylic acids is 1. The van der Waals surface area contributed by atoms with E-state index < -0.39 is 0 Å². The van der Waals surface area contributed by atoms with Crippen LogP contribution in [0.25, 0.3) is 11.4 Å². The second kappa shape index (κ2) is 8.37. The van der Waals surface area contributed by atoms with Crippen molar-refractivity contribution in [3.8, 4) is 11.4 Å². The molecule has 1 aromatic heterocycles. The Hall–Kier alpha value is -2.66. The van der Waals surface area contributed by atoms with Gasteiger partial charge in [0.05, 0.1) is 5.92 Å². The summed E-state index contributed by atoms with van der Waals surface area (Å²) >= 11 is 6.04. The monoisotopic (exact) mass is 409 g/mol. The maximum absolute atomic E-state index is 12.8. The van der Waals surface area contributed by atoms with Crippen LogP contribution in [0, 0.1) is 0 Å².